The third-order valence-corrected chi connectivity index (χ3v) is 2.84. The van der Waals surface area contributed by atoms with Gasteiger partial charge in [0.25, 0.3) is 0 Å². The molecule has 3 nitrogen and oxygen atoms in total. The quantitative estimate of drug-likeness (QED) is 0.878. The lowest BCUT2D eigenvalue weighted by atomic mass is 10.2. The van der Waals surface area contributed by atoms with E-state index in [1.165, 1.54) is 11.1 Å². The third-order valence-electron chi connectivity index (χ3n) is 2.84. The molecule has 0 aliphatic rings. The molecule has 2 rings (SSSR count). The van der Waals surface area contributed by atoms with Gasteiger partial charge < -0.3 is 14.5 Å². The molecule has 0 unspecified atom stereocenters. The lowest BCUT2D eigenvalue weighted by Crippen LogP contribution is -2.04. The Morgan fingerprint density at radius 3 is 2.56 bits per heavy atom. The normalized spacial score (nSPS) is 10.6. The molecule has 96 valence electrons. The lowest BCUT2D eigenvalue weighted by molar-refractivity contribution is 0.267. The Balaban J connectivity index is 1.97. The average molecular weight is 245 g/mol. The largest absolute Gasteiger partial charge is 0.486 e. The van der Waals surface area contributed by atoms with Crippen molar-refractivity contribution >= 4 is 0 Å². The summed E-state index contributed by atoms with van der Waals surface area (Å²) >= 11 is 0. The molecule has 0 aliphatic heterocycles. The zero-order valence-corrected chi connectivity index (χ0v) is 11.1. The van der Waals surface area contributed by atoms with E-state index in [-0.39, 0.29) is 0 Å². The molecule has 18 heavy (non-hydrogen) atoms. The maximum atomic E-state index is 5.68. The number of hydrogen-bond donors (Lipinski definition) is 1. The first-order chi connectivity index (χ1) is 8.69. The van der Waals surface area contributed by atoms with Gasteiger partial charge in [0, 0.05) is 12.1 Å². The Labute approximate surface area is 108 Å². The van der Waals surface area contributed by atoms with E-state index in [1.807, 2.05) is 44.3 Å². The zero-order chi connectivity index (χ0) is 13.0. The van der Waals surface area contributed by atoms with Crippen molar-refractivity contribution in [2.75, 3.05) is 7.05 Å². The summed E-state index contributed by atoms with van der Waals surface area (Å²) in [6.45, 7) is 5.32. The van der Waals surface area contributed by atoms with E-state index in [1.54, 1.807) is 0 Å². The molecule has 0 radical (unpaired) electrons. The Morgan fingerprint density at radius 1 is 1.17 bits per heavy atom. The molecule has 0 spiro atoms. The van der Waals surface area contributed by atoms with Crippen molar-refractivity contribution in [1.29, 1.82) is 0 Å². The summed E-state index contributed by atoms with van der Waals surface area (Å²) in [6.07, 6.45) is 0. The molecule has 1 aromatic carbocycles. The van der Waals surface area contributed by atoms with Gasteiger partial charge in [-0.2, -0.15) is 0 Å². The number of hydrogen-bond acceptors (Lipinski definition) is 3. The predicted molar refractivity (Wildman–Crippen MR) is 71.7 cm³/mol. The third kappa shape index (κ3) is 3.14. The Hall–Kier alpha value is -1.74. The molecule has 0 atom stereocenters. The number of benzene rings is 1. The van der Waals surface area contributed by atoms with Crippen LogP contribution >= 0.6 is 0 Å². The first-order valence-electron chi connectivity index (χ1n) is 6.11. The molecule has 1 N–H and O–H groups in total. The summed E-state index contributed by atoms with van der Waals surface area (Å²) in [6, 6.07) is 10.1. The summed E-state index contributed by atoms with van der Waals surface area (Å²) in [5.41, 5.74) is 2.41. The number of furan rings is 1. The van der Waals surface area contributed by atoms with Gasteiger partial charge in [-0.15, -0.1) is 0 Å². The van der Waals surface area contributed by atoms with Gasteiger partial charge in [-0.3, -0.25) is 0 Å². The monoisotopic (exact) mass is 245 g/mol. The van der Waals surface area contributed by atoms with E-state index >= 15 is 0 Å². The standard InChI is InChI=1S/C15H19NO2/c1-11-4-6-14(7-5-11)17-10-15-8-13(9-16-3)12(2)18-15/h4-8,16H,9-10H2,1-3H3. The highest BCUT2D eigenvalue weighted by Gasteiger charge is 2.07. The van der Waals surface area contributed by atoms with E-state index in [4.69, 9.17) is 9.15 Å². The van der Waals surface area contributed by atoms with Gasteiger partial charge in [0.2, 0.25) is 0 Å². The Kier molecular flexibility index (Phi) is 4.05. The molecule has 2 aromatic rings. The minimum absolute atomic E-state index is 0.466. The van der Waals surface area contributed by atoms with Crippen LogP contribution in [0.5, 0.6) is 5.75 Å². The number of nitrogens with one attached hydrogen (secondary N) is 1. The highest BCUT2D eigenvalue weighted by molar-refractivity contribution is 5.27. The molecule has 0 saturated heterocycles. The predicted octanol–water partition coefficient (Wildman–Crippen LogP) is 3.19. The molecular formula is C15H19NO2. The second-order valence-corrected chi connectivity index (χ2v) is 4.43. The first kappa shape index (κ1) is 12.7. The van der Waals surface area contributed by atoms with Crippen molar-refractivity contribution in [3.8, 4) is 5.75 Å². The second-order valence-electron chi connectivity index (χ2n) is 4.43. The van der Waals surface area contributed by atoms with Crippen molar-refractivity contribution in [2.24, 2.45) is 0 Å². The number of ether oxygens (including phenoxy) is 1. The summed E-state index contributed by atoms with van der Waals surface area (Å²) < 4.78 is 11.3. The smallest absolute Gasteiger partial charge is 0.146 e. The molecule has 0 bridgehead atoms. The van der Waals surface area contributed by atoms with Crippen LogP contribution in [0, 0.1) is 13.8 Å². The van der Waals surface area contributed by atoms with E-state index in [2.05, 4.69) is 12.2 Å². The SMILES string of the molecule is CNCc1cc(COc2ccc(C)cc2)oc1C. The van der Waals surface area contributed by atoms with Crippen molar-refractivity contribution in [1.82, 2.24) is 5.32 Å². The Morgan fingerprint density at radius 2 is 1.89 bits per heavy atom. The van der Waals surface area contributed by atoms with Crippen LogP contribution in [0.1, 0.15) is 22.6 Å². The van der Waals surface area contributed by atoms with Crippen LogP contribution in [0.3, 0.4) is 0 Å². The zero-order valence-electron chi connectivity index (χ0n) is 11.1. The summed E-state index contributed by atoms with van der Waals surface area (Å²) in [7, 11) is 1.93. The molecule has 0 saturated carbocycles. The number of rotatable bonds is 5. The molecule has 1 aromatic heterocycles. The second kappa shape index (κ2) is 5.74. The van der Waals surface area contributed by atoms with E-state index in [9.17, 15) is 0 Å². The minimum Gasteiger partial charge on any atom is -0.486 e. The molecule has 0 amide bonds. The van der Waals surface area contributed by atoms with Gasteiger partial charge in [0.15, 0.2) is 0 Å². The fourth-order valence-electron chi connectivity index (χ4n) is 1.81. The lowest BCUT2D eigenvalue weighted by Gasteiger charge is -2.03. The van der Waals surface area contributed by atoms with Crippen LogP contribution in [0.25, 0.3) is 0 Å². The van der Waals surface area contributed by atoms with Crippen LogP contribution < -0.4 is 10.1 Å². The van der Waals surface area contributed by atoms with Gasteiger partial charge in [0.05, 0.1) is 0 Å². The summed E-state index contributed by atoms with van der Waals surface area (Å²) in [5, 5.41) is 3.12. The van der Waals surface area contributed by atoms with Gasteiger partial charge in [-0.25, -0.2) is 0 Å². The van der Waals surface area contributed by atoms with Crippen molar-refractivity contribution < 1.29 is 9.15 Å². The highest BCUT2D eigenvalue weighted by Crippen LogP contribution is 2.18. The highest BCUT2D eigenvalue weighted by atomic mass is 16.5. The van der Waals surface area contributed by atoms with Crippen molar-refractivity contribution in [2.45, 2.75) is 27.0 Å². The maximum Gasteiger partial charge on any atom is 0.146 e. The Bertz CT molecular complexity index is 500. The van der Waals surface area contributed by atoms with Gasteiger partial charge in [-0.1, -0.05) is 17.7 Å². The molecule has 3 heteroatoms. The van der Waals surface area contributed by atoms with Gasteiger partial charge >= 0.3 is 0 Å². The topological polar surface area (TPSA) is 34.4 Å². The summed E-state index contributed by atoms with van der Waals surface area (Å²) in [4.78, 5) is 0. The van der Waals surface area contributed by atoms with Crippen molar-refractivity contribution in [3.63, 3.8) is 0 Å². The molecular weight excluding hydrogens is 226 g/mol. The average Bonchev–Trinajstić information content (AvgIpc) is 2.70. The van der Waals surface area contributed by atoms with Crippen LogP contribution in [0.4, 0.5) is 0 Å². The molecule has 0 aliphatic carbocycles. The van der Waals surface area contributed by atoms with Crippen LogP contribution in [0.15, 0.2) is 34.7 Å². The van der Waals surface area contributed by atoms with Gasteiger partial charge in [-0.05, 0) is 39.1 Å². The van der Waals surface area contributed by atoms with E-state index < -0.39 is 0 Å². The van der Waals surface area contributed by atoms with Crippen LogP contribution in [0.2, 0.25) is 0 Å². The van der Waals surface area contributed by atoms with E-state index in [0.29, 0.717) is 6.61 Å². The van der Waals surface area contributed by atoms with Gasteiger partial charge in [0.1, 0.15) is 23.9 Å². The fraction of sp³-hybridized carbons (Fsp3) is 0.333. The molecule has 1 heterocycles. The summed E-state index contributed by atoms with van der Waals surface area (Å²) in [5.74, 6) is 2.68. The van der Waals surface area contributed by atoms with Crippen molar-refractivity contribution in [3.05, 3.63) is 53.0 Å². The number of aryl methyl sites for hydroxylation is 2. The molecule has 0 fully saturated rings. The first-order valence-corrected chi connectivity index (χ1v) is 6.11. The maximum absolute atomic E-state index is 5.68. The van der Waals surface area contributed by atoms with Crippen LogP contribution in [-0.2, 0) is 13.2 Å². The fourth-order valence-corrected chi connectivity index (χ4v) is 1.81. The van der Waals surface area contributed by atoms with E-state index in [0.717, 1.165) is 23.8 Å². The minimum atomic E-state index is 0.466. The van der Waals surface area contributed by atoms with Crippen LogP contribution in [-0.4, -0.2) is 7.05 Å².